The molecule has 178 valence electrons. The van der Waals surface area contributed by atoms with E-state index in [0.717, 1.165) is 5.39 Å². The van der Waals surface area contributed by atoms with E-state index in [4.69, 9.17) is 4.84 Å². The zero-order chi connectivity index (χ0) is 25.2. The predicted molar refractivity (Wildman–Crippen MR) is 132 cm³/mol. The minimum atomic E-state index is -1.03. The van der Waals surface area contributed by atoms with Gasteiger partial charge in [-0.25, -0.2) is 9.59 Å². The Balaban J connectivity index is 1.58. The van der Waals surface area contributed by atoms with Gasteiger partial charge in [-0.1, -0.05) is 72.8 Å². The molecule has 1 atom stereocenters. The number of carboxylic acid groups (broad SMARTS) is 1. The fraction of sp³-hybridized carbons (Fsp3) is 0.103. The van der Waals surface area contributed by atoms with E-state index in [1.165, 1.54) is 0 Å². The number of carbonyl (C=O) groups excluding carboxylic acids is 3. The van der Waals surface area contributed by atoms with Crippen LogP contribution < -0.4 is 0 Å². The maximum absolute atomic E-state index is 13.3. The highest BCUT2D eigenvalue weighted by atomic mass is 16.7. The summed E-state index contributed by atoms with van der Waals surface area (Å²) in [5, 5.41) is 11.7. The fourth-order valence-corrected chi connectivity index (χ4v) is 4.46. The lowest BCUT2D eigenvalue weighted by atomic mass is 9.88. The lowest BCUT2D eigenvalue weighted by Gasteiger charge is -2.20. The number of hydroxylamine groups is 2. The third kappa shape index (κ3) is 4.34. The molecule has 0 spiro atoms. The van der Waals surface area contributed by atoms with Crippen LogP contribution in [-0.4, -0.2) is 33.9 Å². The van der Waals surface area contributed by atoms with E-state index in [0.29, 0.717) is 32.7 Å². The van der Waals surface area contributed by atoms with E-state index in [2.05, 4.69) is 0 Å². The number of aromatic carboxylic acids is 1. The summed E-state index contributed by atoms with van der Waals surface area (Å²) < 4.78 is 0. The molecule has 7 nitrogen and oxygen atoms in total. The van der Waals surface area contributed by atoms with Crippen LogP contribution in [-0.2, 0) is 19.2 Å². The van der Waals surface area contributed by atoms with E-state index < -0.39 is 29.7 Å². The molecule has 4 aromatic carbocycles. The monoisotopic (exact) mass is 479 g/mol. The van der Waals surface area contributed by atoms with Gasteiger partial charge in [-0.2, -0.15) is 0 Å². The van der Waals surface area contributed by atoms with Crippen molar-refractivity contribution in [1.82, 2.24) is 5.06 Å². The number of carbonyl (C=O) groups is 4. The van der Waals surface area contributed by atoms with Crippen molar-refractivity contribution in [1.29, 1.82) is 0 Å². The normalized spacial score (nSPS) is 14.2. The smallest absolute Gasteiger partial charge is 0.344 e. The van der Waals surface area contributed by atoms with Crippen molar-refractivity contribution in [3.8, 4) is 11.1 Å². The van der Waals surface area contributed by atoms with Gasteiger partial charge in [0.05, 0.1) is 5.56 Å². The third-order valence-corrected chi connectivity index (χ3v) is 6.20. The van der Waals surface area contributed by atoms with Gasteiger partial charge in [0.15, 0.2) is 0 Å². The summed E-state index contributed by atoms with van der Waals surface area (Å²) in [6, 6.07) is 26.9. The highest BCUT2D eigenvalue weighted by Gasteiger charge is 2.36. The third-order valence-electron chi connectivity index (χ3n) is 6.20. The maximum Gasteiger partial charge on any atom is 0.344 e. The number of amides is 2. The van der Waals surface area contributed by atoms with Gasteiger partial charge in [0, 0.05) is 12.8 Å². The van der Waals surface area contributed by atoms with Gasteiger partial charge < -0.3 is 9.94 Å². The topological polar surface area (TPSA) is 101 Å². The first-order chi connectivity index (χ1) is 17.4. The molecular weight excluding hydrogens is 458 g/mol. The number of hydrogen-bond donors (Lipinski definition) is 1. The molecule has 0 saturated carbocycles. The Labute approximate surface area is 206 Å². The Morgan fingerprint density at radius 3 is 2.14 bits per heavy atom. The SMILES string of the molecule is O=C(O)c1cc(-c2cccc(C(C(=O)ON3C(=O)CCC3=O)c3ccccc3)c2)cc2ccccc12. The lowest BCUT2D eigenvalue weighted by Crippen LogP contribution is -2.34. The van der Waals surface area contributed by atoms with Crippen molar-refractivity contribution in [3.63, 3.8) is 0 Å². The largest absolute Gasteiger partial charge is 0.478 e. The second-order valence-electron chi connectivity index (χ2n) is 8.51. The van der Waals surface area contributed by atoms with Gasteiger partial charge in [0.2, 0.25) is 0 Å². The highest BCUT2D eigenvalue weighted by Crippen LogP contribution is 2.33. The van der Waals surface area contributed by atoms with Crippen LogP contribution in [0.25, 0.3) is 21.9 Å². The molecule has 1 saturated heterocycles. The van der Waals surface area contributed by atoms with E-state index >= 15 is 0 Å². The van der Waals surface area contributed by atoms with Crippen LogP contribution in [0.5, 0.6) is 0 Å². The lowest BCUT2D eigenvalue weighted by molar-refractivity contribution is -0.198. The average Bonchev–Trinajstić information content (AvgIpc) is 3.21. The summed E-state index contributed by atoms with van der Waals surface area (Å²) in [6.45, 7) is 0. The number of imide groups is 1. The number of rotatable bonds is 6. The molecular formula is C29H21NO6. The van der Waals surface area contributed by atoms with E-state index in [1.54, 1.807) is 60.7 Å². The molecule has 1 aliphatic heterocycles. The van der Waals surface area contributed by atoms with E-state index in [-0.39, 0.29) is 18.4 Å². The molecule has 0 bridgehead atoms. The Morgan fingerprint density at radius 2 is 1.42 bits per heavy atom. The molecule has 0 aliphatic carbocycles. The molecule has 1 N–H and O–H groups in total. The second kappa shape index (κ2) is 9.46. The van der Waals surface area contributed by atoms with Crippen LogP contribution >= 0.6 is 0 Å². The molecule has 1 aliphatic rings. The van der Waals surface area contributed by atoms with Crippen molar-refractivity contribution >= 4 is 34.5 Å². The van der Waals surface area contributed by atoms with Gasteiger partial charge >= 0.3 is 11.9 Å². The Kier molecular flexibility index (Phi) is 6.04. The zero-order valence-corrected chi connectivity index (χ0v) is 19.1. The molecule has 1 fully saturated rings. The maximum atomic E-state index is 13.3. The number of hydrogen-bond acceptors (Lipinski definition) is 5. The Bertz CT molecular complexity index is 1500. The van der Waals surface area contributed by atoms with Crippen molar-refractivity contribution < 1.29 is 29.1 Å². The molecule has 4 aromatic rings. The highest BCUT2D eigenvalue weighted by molar-refractivity contribution is 6.06. The first kappa shape index (κ1) is 23.0. The minimum Gasteiger partial charge on any atom is -0.478 e. The van der Waals surface area contributed by atoms with Gasteiger partial charge in [0.25, 0.3) is 11.8 Å². The average molecular weight is 479 g/mol. The quantitative estimate of drug-likeness (QED) is 0.393. The predicted octanol–water partition coefficient (Wildman–Crippen LogP) is 4.94. The summed E-state index contributed by atoms with van der Waals surface area (Å²) >= 11 is 0. The summed E-state index contributed by atoms with van der Waals surface area (Å²) in [6.07, 6.45) is 0.0109. The van der Waals surface area contributed by atoms with Gasteiger partial charge in [-0.3, -0.25) is 9.59 Å². The Morgan fingerprint density at radius 1 is 0.750 bits per heavy atom. The molecule has 1 heterocycles. The van der Waals surface area contributed by atoms with Crippen molar-refractivity contribution in [2.75, 3.05) is 0 Å². The second-order valence-corrected chi connectivity index (χ2v) is 8.51. The van der Waals surface area contributed by atoms with Crippen LogP contribution in [0.15, 0.2) is 91.0 Å². The van der Waals surface area contributed by atoms with E-state index in [1.807, 2.05) is 30.3 Å². The van der Waals surface area contributed by atoms with E-state index in [9.17, 15) is 24.3 Å². The summed E-state index contributed by atoms with van der Waals surface area (Å²) in [4.78, 5) is 54.6. The van der Waals surface area contributed by atoms with Crippen LogP contribution in [0.1, 0.15) is 40.2 Å². The van der Waals surface area contributed by atoms with Crippen molar-refractivity contribution in [2.24, 2.45) is 0 Å². The fourth-order valence-electron chi connectivity index (χ4n) is 4.46. The number of fused-ring (bicyclic) bond motifs is 1. The minimum absolute atomic E-state index is 0.00543. The van der Waals surface area contributed by atoms with Gasteiger partial charge in [0.1, 0.15) is 5.92 Å². The first-order valence-corrected chi connectivity index (χ1v) is 11.4. The summed E-state index contributed by atoms with van der Waals surface area (Å²) in [7, 11) is 0. The standard InChI is InChI=1S/C29H21NO6/c31-25-13-14-26(32)30(25)36-29(35)27(18-7-2-1-3-8-18)21-11-6-10-19(15-21)22-16-20-9-4-5-12-23(20)24(17-22)28(33)34/h1-12,15-17,27H,13-14H2,(H,33,34). The van der Waals surface area contributed by atoms with Crippen molar-refractivity contribution in [2.45, 2.75) is 18.8 Å². The van der Waals surface area contributed by atoms with Gasteiger partial charge in [-0.15, -0.1) is 5.06 Å². The van der Waals surface area contributed by atoms with Crippen LogP contribution in [0.4, 0.5) is 0 Å². The number of nitrogens with zero attached hydrogens (tertiary/aromatic N) is 1. The molecule has 36 heavy (non-hydrogen) atoms. The molecule has 5 rings (SSSR count). The number of benzene rings is 4. The molecule has 7 heteroatoms. The summed E-state index contributed by atoms with van der Waals surface area (Å²) in [5.74, 6) is -3.80. The van der Waals surface area contributed by atoms with Crippen LogP contribution in [0, 0.1) is 0 Å². The molecule has 0 radical (unpaired) electrons. The molecule has 1 unspecified atom stereocenters. The summed E-state index contributed by atoms with van der Waals surface area (Å²) in [5.41, 5.74) is 2.77. The molecule has 2 amide bonds. The Hall–Kier alpha value is -4.78. The van der Waals surface area contributed by atoms with Crippen molar-refractivity contribution in [3.05, 3.63) is 108 Å². The van der Waals surface area contributed by atoms with Crippen LogP contribution in [0.3, 0.4) is 0 Å². The zero-order valence-electron chi connectivity index (χ0n) is 19.1. The molecule has 0 aromatic heterocycles. The van der Waals surface area contributed by atoms with Crippen LogP contribution in [0.2, 0.25) is 0 Å². The number of carboxylic acids is 1. The van der Waals surface area contributed by atoms with Gasteiger partial charge in [-0.05, 0) is 51.2 Å². The first-order valence-electron chi connectivity index (χ1n) is 11.4.